The molecule has 0 fully saturated rings. The van der Waals surface area contributed by atoms with Crippen LogP contribution in [0, 0.1) is 0 Å². The number of rotatable bonds is 2. The summed E-state index contributed by atoms with van der Waals surface area (Å²) in [4.78, 5) is 24.3. The van der Waals surface area contributed by atoms with Gasteiger partial charge in [0.15, 0.2) is 5.78 Å². The van der Waals surface area contributed by atoms with Gasteiger partial charge in [0.1, 0.15) is 5.69 Å². The number of fused-ring (bicyclic) bond motifs is 1. The summed E-state index contributed by atoms with van der Waals surface area (Å²) in [6, 6.07) is 7.34. The molecule has 0 bridgehead atoms. The standard InChI is InChI=1S/C18H21N3O2/c1-18(2,3)16-10-14(21(4)20-16)17(23)19-12-7-5-11-6-8-15(22)13(11)9-12/h5,7,9-10H,6,8H2,1-4H3,(H,19,23). The Labute approximate surface area is 135 Å². The van der Waals surface area contributed by atoms with E-state index in [9.17, 15) is 9.59 Å². The number of carbonyl (C=O) groups excluding carboxylic acids is 2. The quantitative estimate of drug-likeness (QED) is 0.927. The first-order valence-corrected chi connectivity index (χ1v) is 7.78. The van der Waals surface area contributed by atoms with Crippen molar-refractivity contribution in [2.45, 2.75) is 39.0 Å². The zero-order valence-electron chi connectivity index (χ0n) is 13.9. The van der Waals surface area contributed by atoms with E-state index in [1.165, 1.54) is 0 Å². The fourth-order valence-corrected chi connectivity index (χ4v) is 2.76. The second kappa shape index (κ2) is 5.33. The average molecular weight is 311 g/mol. The fraction of sp³-hybridized carbons (Fsp3) is 0.389. The number of benzene rings is 1. The highest BCUT2D eigenvalue weighted by molar-refractivity contribution is 6.05. The maximum atomic E-state index is 12.5. The van der Waals surface area contributed by atoms with E-state index < -0.39 is 0 Å². The Kier molecular flexibility index (Phi) is 3.59. The molecule has 0 saturated heterocycles. The largest absolute Gasteiger partial charge is 0.321 e. The van der Waals surface area contributed by atoms with Crippen molar-refractivity contribution in [1.29, 1.82) is 0 Å². The SMILES string of the molecule is Cn1nc(C(C)(C)C)cc1C(=O)Nc1ccc2c(c1)C(=O)CC2. The average Bonchev–Trinajstić information content (AvgIpc) is 3.03. The van der Waals surface area contributed by atoms with E-state index in [-0.39, 0.29) is 17.1 Å². The molecule has 1 aliphatic carbocycles. The molecule has 5 nitrogen and oxygen atoms in total. The third-order valence-corrected chi connectivity index (χ3v) is 4.17. The molecule has 1 aromatic carbocycles. The minimum Gasteiger partial charge on any atom is -0.321 e. The number of amides is 1. The first-order valence-electron chi connectivity index (χ1n) is 7.78. The monoisotopic (exact) mass is 311 g/mol. The summed E-state index contributed by atoms with van der Waals surface area (Å²) in [7, 11) is 1.76. The van der Waals surface area contributed by atoms with Gasteiger partial charge in [-0.15, -0.1) is 0 Å². The molecule has 23 heavy (non-hydrogen) atoms. The zero-order chi connectivity index (χ0) is 16.8. The van der Waals surface area contributed by atoms with E-state index in [1.54, 1.807) is 17.8 Å². The Morgan fingerprint density at radius 1 is 1.22 bits per heavy atom. The Balaban J connectivity index is 1.84. The number of aryl methyl sites for hydroxylation is 2. The first kappa shape index (κ1) is 15.5. The van der Waals surface area contributed by atoms with Crippen LogP contribution in [0.1, 0.15) is 59.3 Å². The van der Waals surface area contributed by atoms with Gasteiger partial charge in [0.25, 0.3) is 5.91 Å². The minimum atomic E-state index is -0.221. The smallest absolute Gasteiger partial charge is 0.273 e. The van der Waals surface area contributed by atoms with Gasteiger partial charge < -0.3 is 5.32 Å². The van der Waals surface area contributed by atoms with E-state index in [0.717, 1.165) is 23.2 Å². The lowest BCUT2D eigenvalue weighted by molar-refractivity contribution is 0.0990. The van der Waals surface area contributed by atoms with Gasteiger partial charge in [-0.1, -0.05) is 26.8 Å². The topological polar surface area (TPSA) is 64.0 Å². The van der Waals surface area contributed by atoms with Crippen LogP contribution in [-0.4, -0.2) is 21.5 Å². The summed E-state index contributed by atoms with van der Waals surface area (Å²) in [5.74, 6) is -0.0763. The molecule has 0 atom stereocenters. The van der Waals surface area contributed by atoms with Crippen LogP contribution in [0.4, 0.5) is 5.69 Å². The number of hydrogen-bond donors (Lipinski definition) is 1. The molecule has 3 rings (SSSR count). The third kappa shape index (κ3) is 2.91. The van der Waals surface area contributed by atoms with Crippen LogP contribution < -0.4 is 5.32 Å². The summed E-state index contributed by atoms with van der Waals surface area (Å²) < 4.78 is 1.59. The molecule has 120 valence electrons. The van der Waals surface area contributed by atoms with Crippen LogP contribution in [0.2, 0.25) is 0 Å². The van der Waals surface area contributed by atoms with Gasteiger partial charge in [0.05, 0.1) is 5.69 Å². The molecule has 1 N–H and O–H groups in total. The Hall–Kier alpha value is -2.43. The number of Topliss-reactive ketones (excluding diaryl/α,β-unsaturated/α-hetero) is 1. The molecular formula is C18H21N3O2. The second-order valence-electron chi connectivity index (χ2n) is 7.04. The number of aromatic nitrogens is 2. The molecule has 2 aromatic rings. The van der Waals surface area contributed by atoms with Crippen molar-refractivity contribution in [2.24, 2.45) is 7.05 Å². The summed E-state index contributed by atoms with van der Waals surface area (Å²) in [6.45, 7) is 6.18. The lowest BCUT2D eigenvalue weighted by Gasteiger charge is -2.13. The van der Waals surface area contributed by atoms with Gasteiger partial charge in [0.2, 0.25) is 0 Å². The highest BCUT2D eigenvalue weighted by Crippen LogP contribution is 2.26. The molecule has 0 spiro atoms. The summed E-state index contributed by atoms with van der Waals surface area (Å²) in [6.07, 6.45) is 1.35. The molecular weight excluding hydrogens is 290 g/mol. The van der Waals surface area contributed by atoms with Crippen molar-refractivity contribution < 1.29 is 9.59 Å². The van der Waals surface area contributed by atoms with E-state index in [0.29, 0.717) is 17.8 Å². The van der Waals surface area contributed by atoms with Gasteiger partial charge >= 0.3 is 0 Å². The van der Waals surface area contributed by atoms with Crippen LogP contribution in [0.3, 0.4) is 0 Å². The van der Waals surface area contributed by atoms with Crippen LogP contribution >= 0.6 is 0 Å². The first-order chi connectivity index (χ1) is 10.8. The summed E-state index contributed by atoms with van der Waals surface area (Å²) in [5.41, 5.74) is 3.68. The van der Waals surface area contributed by atoms with Crippen LogP contribution in [0.25, 0.3) is 0 Å². The van der Waals surface area contributed by atoms with E-state index in [2.05, 4.69) is 31.2 Å². The van der Waals surface area contributed by atoms with E-state index in [4.69, 9.17) is 0 Å². The number of ketones is 1. The van der Waals surface area contributed by atoms with Crippen molar-refractivity contribution >= 4 is 17.4 Å². The molecule has 1 aliphatic rings. The van der Waals surface area contributed by atoms with Crippen molar-refractivity contribution in [3.05, 3.63) is 46.8 Å². The minimum absolute atomic E-state index is 0.115. The molecule has 1 aromatic heterocycles. The molecule has 5 heteroatoms. The number of anilines is 1. The Bertz CT molecular complexity index is 797. The lowest BCUT2D eigenvalue weighted by atomic mass is 9.92. The highest BCUT2D eigenvalue weighted by atomic mass is 16.2. The van der Waals surface area contributed by atoms with Gasteiger partial charge in [-0.2, -0.15) is 5.10 Å². The predicted molar refractivity (Wildman–Crippen MR) is 89.0 cm³/mol. The van der Waals surface area contributed by atoms with Crippen LogP contribution in [-0.2, 0) is 18.9 Å². The van der Waals surface area contributed by atoms with Crippen molar-refractivity contribution in [3.63, 3.8) is 0 Å². The molecule has 0 unspecified atom stereocenters. The van der Waals surface area contributed by atoms with Gasteiger partial charge in [0, 0.05) is 30.1 Å². The van der Waals surface area contributed by atoms with Crippen LogP contribution in [0.5, 0.6) is 0 Å². The number of nitrogens with zero attached hydrogens (tertiary/aromatic N) is 2. The number of nitrogens with one attached hydrogen (secondary N) is 1. The third-order valence-electron chi connectivity index (χ3n) is 4.17. The van der Waals surface area contributed by atoms with Crippen molar-refractivity contribution in [1.82, 2.24) is 9.78 Å². The second-order valence-corrected chi connectivity index (χ2v) is 7.04. The normalized spacial score (nSPS) is 14.0. The van der Waals surface area contributed by atoms with Crippen molar-refractivity contribution in [2.75, 3.05) is 5.32 Å². The van der Waals surface area contributed by atoms with Gasteiger partial charge in [-0.05, 0) is 30.2 Å². The number of hydrogen-bond acceptors (Lipinski definition) is 3. The molecule has 0 radical (unpaired) electrons. The summed E-state index contributed by atoms with van der Waals surface area (Å²) >= 11 is 0. The van der Waals surface area contributed by atoms with Gasteiger partial charge in [-0.3, -0.25) is 14.3 Å². The highest BCUT2D eigenvalue weighted by Gasteiger charge is 2.23. The molecule has 1 heterocycles. The Morgan fingerprint density at radius 3 is 2.61 bits per heavy atom. The fourth-order valence-electron chi connectivity index (χ4n) is 2.76. The maximum Gasteiger partial charge on any atom is 0.273 e. The van der Waals surface area contributed by atoms with E-state index in [1.807, 2.05) is 18.2 Å². The maximum absolute atomic E-state index is 12.5. The Morgan fingerprint density at radius 2 is 1.96 bits per heavy atom. The van der Waals surface area contributed by atoms with Gasteiger partial charge in [-0.25, -0.2) is 0 Å². The molecule has 1 amide bonds. The molecule has 0 saturated carbocycles. The zero-order valence-corrected chi connectivity index (χ0v) is 13.9. The number of carbonyl (C=O) groups is 2. The predicted octanol–water partition coefficient (Wildman–Crippen LogP) is 3.10. The van der Waals surface area contributed by atoms with Crippen molar-refractivity contribution in [3.8, 4) is 0 Å². The summed E-state index contributed by atoms with van der Waals surface area (Å²) in [5, 5.41) is 7.28. The van der Waals surface area contributed by atoms with Crippen LogP contribution in [0.15, 0.2) is 24.3 Å². The molecule has 0 aliphatic heterocycles. The van der Waals surface area contributed by atoms with E-state index >= 15 is 0 Å². The lowest BCUT2D eigenvalue weighted by Crippen LogP contribution is -2.16.